The Morgan fingerprint density at radius 3 is 2.74 bits per heavy atom. The van der Waals surface area contributed by atoms with Gasteiger partial charge in [0, 0.05) is 19.3 Å². The number of anilines is 1. The molecule has 3 aromatic rings. The Balaban J connectivity index is 1.55. The fourth-order valence-electron chi connectivity index (χ4n) is 4.09. The molecule has 1 atom stereocenters. The molecule has 0 bridgehead atoms. The van der Waals surface area contributed by atoms with Gasteiger partial charge in [0.2, 0.25) is 15.9 Å². The van der Waals surface area contributed by atoms with Crippen molar-refractivity contribution < 1.29 is 17.7 Å². The Morgan fingerprint density at radius 1 is 1.20 bits per heavy atom. The number of nitrogens with zero attached hydrogens (tertiary/aromatic N) is 3. The molecular formula is C25H27ClN4O4S. The summed E-state index contributed by atoms with van der Waals surface area (Å²) in [5.74, 6) is -0.254. The number of benzene rings is 1. The van der Waals surface area contributed by atoms with Gasteiger partial charge in [-0.15, -0.1) is 0 Å². The van der Waals surface area contributed by atoms with E-state index >= 15 is 0 Å². The van der Waals surface area contributed by atoms with Crippen molar-refractivity contribution in [2.45, 2.75) is 38.5 Å². The molecule has 184 valence electrons. The summed E-state index contributed by atoms with van der Waals surface area (Å²) in [4.78, 5) is 16.9. The number of carbonyl (C=O) groups excluding carboxylic acids is 1. The number of nitrogens with one attached hydrogen (secondary N) is 1. The average molecular weight is 515 g/mol. The number of aromatic nitrogens is 2. The van der Waals surface area contributed by atoms with E-state index in [-0.39, 0.29) is 28.8 Å². The van der Waals surface area contributed by atoms with Gasteiger partial charge in [0.1, 0.15) is 11.5 Å². The van der Waals surface area contributed by atoms with Gasteiger partial charge in [-0.05, 0) is 62.9 Å². The maximum Gasteiger partial charge on any atom is 0.248 e. The van der Waals surface area contributed by atoms with Crippen LogP contribution in [0.4, 0.5) is 5.82 Å². The summed E-state index contributed by atoms with van der Waals surface area (Å²) in [6.45, 7) is 5.96. The van der Waals surface area contributed by atoms with E-state index in [9.17, 15) is 13.2 Å². The average Bonchev–Trinajstić information content (AvgIpc) is 3.22. The van der Waals surface area contributed by atoms with Gasteiger partial charge in [-0.25, -0.2) is 13.4 Å². The lowest BCUT2D eigenvalue weighted by Gasteiger charge is -2.31. The Kier molecular flexibility index (Phi) is 7.39. The monoisotopic (exact) mass is 514 g/mol. The van der Waals surface area contributed by atoms with Crippen LogP contribution in [-0.2, 0) is 14.8 Å². The number of piperidine rings is 1. The van der Waals surface area contributed by atoms with Crippen LogP contribution in [0.1, 0.15) is 41.0 Å². The molecule has 0 aliphatic carbocycles. The first-order valence-corrected chi connectivity index (χ1v) is 13.1. The molecule has 1 amide bonds. The minimum absolute atomic E-state index is 0.0273. The van der Waals surface area contributed by atoms with Gasteiger partial charge in [-0.2, -0.15) is 4.31 Å². The lowest BCUT2D eigenvalue weighted by Crippen LogP contribution is -2.44. The minimum atomic E-state index is -3.93. The summed E-state index contributed by atoms with van der Waals surface area (Å²) in [5, 5.41) is 7.12. The Bertz CT molecular complexity index is 1370. The first-order valence-electron chi connectivity index (χ1n) is 11.3. The summed E-state index contributed by atoms with van der Waals surface area (Å²) in [5.41, 5.74) is 3.41. The van der Waals surface area contributed by atoms with Crippen LogP contribution < -0.4 is 5.32 Å². The molecule has 0 saturated carbocycles. The van der Waals surface area contributed by atoms with Crippen LogP contribution in [0, 0.1) is 26.7 Å². The Morgan fingerprint density at radius 2 is 2.00 bits per heavy atom. The van der Waals surface area contributed by atoms with Gasteiger partial charge in [0.25, 0.3) is 0 Å². The SMILES string of the molecule is Cc1ccc(C)c(/C=C/c2onc(C)c2S(=O)(=O)N2CCC[C@H](C(=O)Nc3ccc(Cl)cn3)C2)c1. The predicted molar refractivity (Wildman–Crippen MR) is 135 cm³/mol. The summed E-state index contributed by atoms with van der Waals surface area (Å²) in [6.07, 6.45) is 6.04. The number of aryl methyl sites for hydroxylation is 3. The molecule has 1 N–H and O–H groups in total. The first-order chi connectivity index (χ1) is 16.6. The zero-order valence-electron chi connectivity index (χ0n) is 19.8. The second-order valence-electron chi connectivity index (χ2n) is 8.71. The van der Waals surface area contributed by atoms with Crippen LogP contribution in [0.2, 0.25) is 5.02 Å². The van der Waals surface area contributed by atoms with Crippen LogP contribution in [0.15, 0.2) is 45.9 Å². The highest BCUT2D eigenvalue weighted by atomic mass is 35.5. The maximum atomic E-state index is 13.6. The van der Waals surface area contributed by atoms with E-state index in [1.807, 2.05) is 38.1 Å². The lowest BCUT2D eigenvalue weighted by molar-refractivity contribution is -0.120. The summed E-state index contributed by atoms with van der Waals surface area (Å²) in [7, 11) is -3.93. The molecule has 3 heterocycles. The van der Waals surface area contributed by atoms with Crippen molar-refractivity contribution in [1.82, 2.24) is 14.4 Å². The van der Waals surface area contributed by atoms with Crippen LogP contribution in [0.25, 0.3) is 12.2 Å². The van der Waals surface area contributed by atoms with Crippen LogP contribution in [0.3, 0.4) is 0 Å². The van der Waals surface area contributed by atoms with E-state index < -0.39 is 15.9 Å². The molecule has 2 aromatic heterocycles. The minimum Gasteiger partial charge on any atom is -0.355 e. The number of carbonyl (C=O) groups is 1. The van der Waals surface area contributed by atoms with E-state index in [0.717, 1.165) is 16.7 Å². The number of sulfonamides is 1. The number of hydrogen-bond donors (Lipinski definition) is 1. The molecule has 8 nitrogen and oxygen atoms in total. The zero-order valence-corrected chi connectivity index (χ0v) is 21.4. The van der Waals surface area contributed by atoms with Crippen molar-refractivity contribution in [3.8, 4) is 0 Å². The van der Waals surface area contributed by atoms with Gasteiger partial charge < -0.3 is 9.84 Å². The number of amides is 1. The van der Waals surface area contributed by atoms with Crippen molar-refractivity contribution in [2.75, 3.05) is 18.4 Å². The maximum absolute atomic E-state index is 13.6. The van der Waals surface area contributed by atoms with Crippen molar-refractivity contribution in [2.24, 2.45) is 5.92 Å². The van der Waals surface area contributed by atoms with Crippen molar-refractivity contribution in [1.29, 1.82) is 0 Å². The number of hydrogen-bond acceptors (Lipinski definition) is 6. The molecule has 1 fully saturated rings. The number of rotatable bonds is 6. The molecule has 1 aromatic carbocycles. The van der Waals surface area contributed by atoms with Crippen LogP contribution >= 0.6 is 11.6 Å². The quantitative estimate of drug-likeness (QED) is 0.503. The van der Waals surface area contributed by atoms with E-state index in [2.05, 4.69) is 15.5 Å². The van der Waals surface area contributed by atoms with Gasteiger partial charge in [-0.1, -0.05) is 46.6 Å². The molecule has 1 saturated heterocycles. The molecular weight excluding hydrogens is 488 g/mol. The third kappa shape index (κ3) is 5.63. The van der Waals surface area contributed by atoms with E-state index in [0.29, 0.717) is 30.2 Å². The molecule has 1 aliphatic rings. The van der Waals surface area contributed by atoms with Gasteiger partial charge >= 0.3 is 0 Å². The Labute approximate surface area is 210 Å². The summed E-state index contributed by atoms with van der Waals surface area (Å²) >= 11 is 5.85. The van der Waals surface area contributed by atoms with Gasteiger partial charge in [0.15, 0.2) is 10.7 Å². The molecule has 0 radical (unpaired) electrons. The van der Waals surface area contributed by atoms with Crippen LogP contribution in [0.5, 0.6) is 0 Å². The summed E-state index contributed by atoms with van der Waals surface area (Å²) < 4.78 is 34.0. The Hall–Kier alpha value is -3.01. The number of pyridine rings is 1. The van der Waals surface area contributed by atoms with Crippen LogP contribution in [-0.4, -0.2) is 41.9 Å². The molecule has 0 unspecified atom stereocenters. The topological polar surface area (TPSA) is 105 Å². The third-order valence-corrected chi connectivity index (χ3v) is 8.26. The smallest absolute Gasteiger partial charge is 0.248 e. The zero-order chi connectivity index (χ0) is 25.2. The summed E-state index contributed by atoms with van der Waals surface area (Å²) in [6, 6.07) is 9.28. The highest BCUT2D eigenvalue weighted by molar-refractivity contribution is 7.89. The van der Waals surface area contributed by atoms with E-state index in [1.165, 1.54) is 10.5 Å². The molecule has 4 rings (SSSR count). The normalized spacial score (nSPS) is 17.1. The second-order valence-corrected chi connectivity index (χ2v) is 11.0. The standard InChI is InChI=1S/C25H27ClN4O4S/c1-16-6-7-17(2)19(13-16)8-10-22-24(18(3)29-34-22)35(32,33)30-12-4-5-20(15-30)25(31)28-23-11-9-21(26)14-27-23/h6-11,13-14,20H,4-5,12,15H2,1-3H3,(H,27,28,31)/b10-8+/t20-/m0/s1. The fraction of sp³-hybridized carbons (Fsp3) is 0.320. The van der Waals surface area contributed by atoms with Crippen molar-refractivity contribution >= 4 is 45.5 Å². The van der Waals surface area contributed by atoms with Gasteiger partial charge in [-0.3, -0.25) is 4.79 Å². The number of halogens is 1. The predicted octanol–water partition coefficient (Wildman–Crippen LogP) is 4.86. The molecule has 35 heavy (non-hydrogen) atoms. The highest BCUT2D eigenvalue weighted by Gasteiger charge is 2.37. The largest absolute Gasteiger partial charge is 0.355 e. The van der Waals surface area contributed by atoms with Crippen molar-refractivity contribution in [3.05, 3.63) is 69.7 Å². The molecule has 0 spiro atoms. The van der Waals surface area contributed by atoms with E-state index in [1.54, 1.807) is 25.1 Å². The highest BCUT2D eigenvalue weighted by Crippen LogP contribution is 2.30. The lowest BCUT2D eigenvalue weighted by atomic mass is 9.99. The van der Waals surface area contributed by atoms with Crippen molar-refractivity contribution in [3.63, 3.8) is 0 Å². The molecule has 1 aliphatic heterocycles. The van der Waals surface area contributed by atoms with Gasteiger partial charge in [0.05, 0.1) is 10.9 Å². The van der Waals surface area contributed by atoms with E-state index in [4.69, 9.17) is 16.1 Å². The first kappa shape index (κ1) is 25.1. The second kappa shape index (κ2) is 10.3. The third-order valence-electron chi connectivity index (χ3n) is 6.01. The molecule has 10 heteroatoms. The fourth-order valence-corrected chi connectivity index (χ4v) is 5.97.